The van der Waals surface area contributed by atoms with E-state index in [1.807, 2.05) is 31.2 Å². The number of halogens is 3. The number of amides is 1. The first-order valence-electron chi connectivity index (χ1n) is 8.96. The minimum Gasteiger partial charge on any atom is -0.372 e. The van der Waals surface area contributed by atoms with E-state index < -0.39 is 11.7 Å². The van der Waals surface area contributed by atoms with Crippen molar-refractivity contribution in [1.82, 2.24) is 4.90 Å². The van der Waals surface area contributed by atoms with Crippen molar-refractivity contribution in [1.29, 1.82) is 0 Å². The van der Waals surface area contributed by atoms with Crippen molar-refractivity contribution in [3.8, 4) is 0 Å². The van der Waals surface area contributed by atoms with E-state index in [1.54, 1.807) is 4.90 Å². The van der Waals surface area contributed by atoms with Gasteiger partial charge in [-0.1, -0.05) is 35.9 Å². The van der Waals surface area contributed by atoms with Gasteiger partial charge in [0, 0.05) is 18.7 Å². The smallest absolute Gasteiger partial charge is 0.372 e. The highest BCUT2D eigenvalue weighted by Gasteiger charge is 2.32. The fraction of sp³-hybridized carbons (Fsp3) is 0.381. The number of rotatable bonds is 4. The molecule has 1 atom stereocenters. The Bertz CT molecular complexity index is 804. The minimum atomic E-state index is -4.46. The molecule has 0 bridgehead atoms. The molecule has 1 heterocycles. The second-order valence-electron chi connectivity index (χ2n) is 6.89. The normalized spacial score (nSPS) is 17.8. The van der Waals surface area contributed by atoms with Gasteiger partial charge in [0.25, 0.3) is 5.91 Å². The molecular weight excluding hydrogens is 355 g/mol. The van der Waals surface area contributed by atoms with Crippen LogP contribution in [0, 0.1) is 6.92 Å². The van der Waals surface area contributed by atoms with Crippen LogP contribution in [0.5, 0.6) is 0 Å². The van der Waals surface area contributed by atoms with Gasteiger partial charge in [-0.3, -0.25) is 4.79 Å². The number of benzene rings is 2. The highest BCUT2D eigenvalue weighted by atomic mass is 19.4. The first-order valence-corrected chi connectivity index (χ1v) is 8.96. The minimum absolute atomic E-state index is 0.0594. The summed E-state index contributed by atoms with van der Waals surface area (Å²) in [5.41, 5.74) is 1.47. The number of aryl methyl sites for hydroxylation is 1. The molecule has 2 aromatic carbocycles. The van der Waals surface area contributed by atoms with Gasteiger partial charge in [-0.25, -0.2) is 0 Å². The average Bonchev–Trinajstić information content (AvgIpc) is 2.65. The van der Waals surface area contributed by atoms with Crippen molar-refractivity contribution in [2.75, 3.05) is 13.1 Å². The third-order valence-corrected chi connectivity index (χ3v) is 4.67. The van der Waals surface area contributed by atoms with Crippen molar-refractivity contribution in [3.63, 3.8) is 0 Å². The van der Waals surface area contributed by atoms with Crippen LogP contribution in [-0.4, -0.2) is 30.0 Å². The SMILES string of the molecule is Cc1cccc(CO[C@H]2CCCN(C(=O)c3cccc(C(F)(F)F)c3)C2)c1. The first kappa shape index (κ1) is 19.4. The lowest BCUT2D eigenvalue weighted by atomic mass is 10.0. The maximum Gasteiger partial charge on any atom is 0.416 e. The molecular formula is C21H22F3NO2. The zero-order valence-electron chi connectivity index (χ0n) is 15.1. The van der Waals surface area contributed by atoms with E-state index in [2.05, 4.69) is 0 Å². The summed E-state index contributed by atoms with van der Waals surface area (Å²) in [5.74, 6) is -0.384. The quantitative estimate of drug-likeness (QED) is 0.763. The maximum atomic E-state index is 12.9. The Morgan fingerprint density at radius 3 is 2.70 bits per heavy atom. The Morgan fingerprint density at radius 2 is 1.96 bits per heavy atom. The molecule has 0 unspecified atom stereocenters. The number of piperidine rings is 1. The number of nitrogens with zero attached hydrogens (tertiary/aromatic N) is 1. The van der Waals surface area contributed by atoms with Gasteiger partial charge in [-0.05, 0) is 43.5 Å². The van der Waals surface area contributed by atoms with Gasteiger partial charge in [0.15, 0.2) is 0 Å². The molecule has 0 saturated carbocycles. The van der Waals surface area contributed by atoms with Crippen molar-refractivity contribution in [3.05, 3.63) is 70.8 Å². The van der Waals surface area contributed by atoms with Crippen LogP contribution in [0.25, 0.3) is 0 Å². The predicted octanol–water partition coefficient (Wildman–Crippen LogP) is 4.84. The molecule has 1 saturated heterocycles. The molecule has 1 aliphatic rings. The Hall–Kier alpha value is -2.34. The summed E-state index contributed by atoms with van der Waals surface area (Å²) in [7, 11) is 0. The van der Waals surface area contributed by atoms with E-state index >= 15 is 0 Å². The van der Waals surface area contributed by atoms with Crippen LogP contribution >= 0.6 is 0 Å². The highest BCUT2D eigenvalue weighted by Crippen LogP contribution is 2.30. The molecule has 3 rings (SSSR count). The summed E-state index contributed by atoms with van der Waals surface area (Å²) >= 11 is 0. The van der Waals surface area contributed by atoms with Crippen LogP contribution in [-0.2, 0) is 17.5 Å². The number of hydrogen-bond acceptors (Lipinski definition) is 2. The lowest BCUT2D eigenvalue weighted by Gasteiger charge is -2.33. The van der Waals surface area contributed by atoms with Crippen molar-refractivity contribution < 1.29 is 22.7 Å². The number of hydrogen-bond donors (Lipinski definition) is 0. The summed E-state index contributed by atoms with van der Waals surface area (Å²) in [6.45, 7) is 3.39. The molecule has 6 heteroatoms. The second kappa shape index (κ2) is 8.13. The molecule has 0 N–H and O–H groups in total. The third kappa shape index (κ3) is 5.10. The van der Waals surface area contributed by atoms with Gasteiger partial charge in [-0.2, -0.15) is 13.2 Å². The van der Waals surface area contributed by atoms with Crippen LogP contribution in [0.2, 0.25) is 0 Å². The van der Waals surface area contributed by atoms with Crippen LogP contribution in [0.1, 0.15) is 39.9 Å². The monoisotopic (exact) mass is 377 g/mol. The molecule has 0 spiro atoms. The van der Waals surface area contributed by atoms with Crippen LogP contribution in [0.3, 0.4) is 0 Å². The number of carbonyl (C=O) groups excluding carboxylic acids is 1. The summed E-state index contributed by atoms with van der Waals surface area (Å²) in [5, 5.41) is 0. The number of carbonyl (C=O) groups is 1. The highest BCUT2D eigenvalue weighted by molar-refractivity contribution is 5.94. The Kier molecular flexibility index (Phi) is 5.85. The third-order valence-electron chi connectivity index (χ3n) is 4.67. The zero-order valence-corrected chi connectivity index (χ0v) is 15.1. The molecule has 0 aliphatic carbocycles. The van der Waals surface area contributed by atoms with Crippen molar-refractivity contribution in [2.24, 2.45) is 0 Å². The average molecular weight is 377 g/mol. The van der Waals surface area contributed by atoms with E-state index in [0.29, 0.717) is 19.7 Å². The Labute approximate surface area is 156 Å². The number of ether oxygens (including phenoxy) is 1. The lowest BCUT2D eigenvalue weighted by molar-refractivity contribution is -0.137. The van der Waals surface area contributed by atoms with Crippen LogP contribution in [0.4, 0.5) is 13.2 Å². The summed E-state index contributed by atoms with van der Waals surface area (Å²) in [6.07, 6.45) is -2.98. The molecule has 27 heavy (non-hydrogen) atoms. The van der Waals surface area contributed by atoms with Crippen LogP contribution in [0.15, 0.2) is 48.5 Å². The van der Waals surface area contributed by atoms with Gasteiger partial charge in [0.05, 0.1) is 18.3 Å². The van der Waals surface area contributed by atoms with Gasteiger partial charge in [-0.15, -0.1) is 0 Å². The van der Waals surface area contributed by atoms with E-state index in [-0.39, 0.29) is 17.6 Å². The molecule has 1 aliphatic heterocycles. The standard InChI is InChI=1S/C21H22F3NO2/c1-15-5-2-6-16(11-15)14-27-19-9-4-10-25(13-19)20(26)17-7-3-8-18(12-17)21(22,23)24/h2-3,5-8,11-12,19H,4,9-10,13-14H2,1H3/t19-/m0/s1. The largest absolute Gasteiger partial charge is 0.416 e. The van der Waals surface area contributed by atoms with Gasteiger partial charge >= 0.3 is 6.18 Å². The summed E-state index contributed by atoms with van der Waals surface area (Å²) in [4.78, 5) is 14.2. The van der Waals surface area contributed by atoms with Crippen molar-refractivity contribution >= 4 is 5.91 Å². The van der Waals surface area contributed by atoms with E-state index in [1.165, 1.54) is 12.1 Å². The first-order chi connectivity index (χ1) is 12.8. The molecule has 3 nitrogen and oxygen atoms in total. The summed E-state index contributed by atoms with van der Waals surface area (Å²) in [6, 6.07) is 12.6. The summed E-state index contributed by atoms with van der Waals surface area (Å²) < 4.78 is 44.6. The molecule has 1 amide bonds. The molecule has 144 valence electrons. The molecule has 1 fully saturated rings. The van der Waals surface area contributed by atoms with E-state index in [0.717, 1.165) is 36.1 Å². The Balaban J connectivity index is 1.63. The predicted molar refractivity (Wildman–Crippen MR) is 96.3 cm³/mol. The van der Waals surface area contributed by atoms with Crippen LogP contribution < -0.4 is 0 Å². The van der Waals surface area contributed by atoms with E-state index in [4.69, 9.17) is 4.74 Å². The van der Waals surface area contributed by atoms with Gasteiger partial charge in [0.1, 0.15) is 0 Å². The zero-order chi connectivity index (χ0) is 19.4. The van der Waals surface area contributed by atoms with E-state index in [9.17, 15) is 18.0 Å². The van der Waals surface area contributed by atoms with Gasteiger partial charge in [0.2, 0.25) is 0 Å². The van der Waals surface area contributed by atoms with Gasteiger partial charge < -0.3 is 9.64 Å². The maximum absolute atomic E-state index is 12.9. The topological polar surface area (TPSA) is 29.5 Å². The molecule has 2 aromatic rings. The number of alkyl halides is 3. The lowest BCUT2D eigenvalue weighted by Crippen LogP contribution is -2.43. The molecule has 0 aromatic heterocycles. The fourth-order valence-electron chi connectivity index (χ4n) is 3.29. The van der Waals surface area contributed by atoms with Crippen molar-refractivity contribution in [2.45, 2.75) is 38.7 Å². The number of likely N-dealkylation sites (tertiary alicyclic amines) is 1. The second-order valence-corrected chi connectivity index (χ2v) is 6.89. The fourth-order valence-corrected chi connectivity index (χ4v) is 3.29. The molecule has 0 radical (unpaired) electrons. The Morgan fingerprint density at radius 1 is 1.19 bits per heavy atom.